The van der Waals surface area contributed by atoms with Crippen LogP contribution in [0.2, 0.25) is 0 Å². The van der Waals surface area contributed by atoms with Gasteiger partial charge in [-0.25, -0.2) is 4.98 Å². The first-order chi connectivity index (χ1) is 13.0. The SMILES string of the molecule is Cc1ccc(-c2csc(NC(=O)c3cc(=O)c4ccccc4o3)n2)cc1C. The third kappa shape index (κ3) is 3.39. The lowest BCUT2D eigenvalue weighted by Gasteiger charge is -2.03. The number of hydrogen-bond acceptors (Lipinski definition) is 5. The van der Waals surface area contributed by atoms with E-state index in [1.807, 2.05) is 17.5 Å². The Morgan fingerprint density at radius 1 is 1.07 bits per heavy atom. The quantitative estimate of drug-likeness (QED) is 0.558. The van der Waals surface area contributed by atoms with Gasteiger partial charge >= 0.3 is 0 Å². The van der Waals surface area contributed by atoms with E-state index in [0.29, 0.717) is 16.1 Å². The zero-order chi connectivity index (χ0) is 19.0. The molecule has 0 aliphatic rings. The van der Waals surface area contributed by atoms with Gasteiger partial charge in [-0.05, 0) is 43.2 Å². The minimum Gasteiger partial charge on any atom is -0.451 e. The molecule has 0 unspecified atom stereocenters. The molecule has 0 atom stereocenters. The number of amides is 1. The van der Waals surface area contributed by atoms with Gasteiger partial charge in [0.2, 0.25) is 0 Å². The summed E-state index contributed by atoms with van der Waals surface area (Å²) in [4.78, 5) is 29.1. The van der Waals surface area contributed by atoms with E-state index in [1.165, 1.54) is 28.5 Å². The highest BCUT2D eigenvalue weighted by atomic mass is 32.1. The van der Waals surface area contributed by atoms with Crippen LogP contribution in [0, 0.1) is 13.8 Å². The standard InChI is InChI=1S/C21H16N2O3S/c1-12-7-8-14(9-13(12)2)16-11-27-21(22-16)23-20(25)19-10-17(24)15-5-3-4-6-18(15)26-19/h3-11H,1-2H3,(H,22,23,25). The molecule has 0 saturated heterocycles. The lowest BCUT2D eigenvalue weighted by Crippen LogP contribution is -2.14. The van der Waals surface area contributed by atoms with Crippen molar-refractivity contribution < 1.29 is 9.21 Å². The van der Waals surface area contributed by atoms with Crippen LogP contribution < -0.4 is 10.7 Å². The molecule has 2 aromatic carbocycles. The fraction of sp³-hybridized carbons (Fsp3) is 0.0952. The first-order valence-electron chi connectivity index (χ1n) is 8.38. The normalized spacial score (nSPS) is 10.9. The highest BCUT2D eigenvalue weighted by molar-refractivity contribution is 7.14. The summed E-state index contributed by atoms with van der Waals surface area (Å²) < 4.78 is 5.56. The number of fused-ring (bicyclic) bond motifs is 1. The first kappa shape index (κ1) is 17.2. The molecule has 134 valence electrons. The Bertz CT molecular complexity index is 1220. The monoisotopic (exact) mass is 376 g/mol. The minimum absolute atomic E-state index is 0.0402. The Kier molecular flexibility index (Phi) is 4.33. The molecule has 0 aliphatic carbocycles. The molecule has 0 saturated carbocycles. The number of nitrogens with zero attached hydrogens (tertiary/aromatic N) is 1. The Labute approximate surface area is 159 Å². The summed E-state index contributed by atoms with van der Waals surface area (Å²) in [6, 6.07) is 14.2. The average molecular weight is 376 g/mol. The van der Waals surface area contributed by atoms with Crippen molar-refractivity contribution in [2.24, 2.45) is 0 Å². The highest BCUT2D eigenvalue weighted by Crippen LogP contribution is 2.26. The molecule has 2 aromatic heterocycles. The van der Waals surface area contributed by atoms with Gasteiger partial charge in [-0.1, -0.05) is 24.3 Å². The molecule has 0 spiro atoms. The summed E-state index contributed by atoms with van der Waals surface area (Å²) in [5.74, 6) is -0.541. The maximum Gasteiger partial charge on any atom is 0.293 e. The van der Waals surface area contributed by atoms with Crippen LogP contribution in [0.25, 0.3) is 22.2 Å². The van der Waals surface area contributed by atoms with E-state index < -0.39 is 5.91 Å². The van der Waals surface area contributed by atoms with Crippen molar-refractivity contribution in [3.05, 3.63) is 81.0 Å². The zero-order valence-corrected chi connectivity index (χ0v) is 15.6. The van der Waals surface area contributed by atoms with Crippen molar-refractivity contribution in [3.63, 3.8) is 0 Å². The second-order valence-electron chi connectivity index (χ2n) is 6.26. The van der Waals surface area contributed by atoms with E-state index >= 15 is 0 Å². The van der Waals surface area contributed by atoms with Crippen molar-refractivity contribution >= 4 is 33.3 Å². The molecular formula is C21H16N2O3S. The van der Waals surface area contributed by atoms with E-state index in [9.17, 15) is 9.59 Å². The van der Waals surface area contributed by atoms with Crippen molar-refractivity contribution in [3.8, 4) is 11.3 Å². The van der Waals surface area contributed by atoms with E-state index in [4.69, 9.17) is 4.42 Å². The molecule has 1 N–H and O–H groups in total. The Hall–Kier alpha value is -3.25. The van der Waals surface area contributed by atoms with Gasteiger partial charge in [-0.2, -0.15) is 0 Å². The number of carbonyl (C=O) groups excluding carboxylic acids is 1. The molecule has 0 bridgehead atoms. The van der Waals surface area contributed by atoms with Crippen molar-refractivity contribution in [2.75, 3.05) is 5.32 Å². The molecule has 1 amide bonds. The fourth-order valence-corrected chi connectivity index (χ4v) is 3.45. The molecule has 4 rings (SSSR count). The van der Waals surface area contributed by atoms with E-state index in [1.54, 1.807) is 24.3 Å². The maximum absolute atomic E-state index is 12.5. The second kappa shape index (κ2) is 6.81. The predicted octanol–water partition coefficient (Wildman–Crippen LogP) is 4.79. The smallest absolute Gasteiger partial charge is 0.293 e. The third-order valence-electron chi connectivity index (χ3n) is 4.39. The number of thiazole rings is 1. The van der Waals surface area contributed by atoms with Gasteiger partial charge in [-0.15, -0.1) is 11.3 Å². The van der Waals surface area contributed by atoms with Gasteiger partial charge in [0.15, 0.2) is 16.3 Å². The summed E-state index contributed by atoms with van der Waals surface area (Å²) in [5, 5.41) is 5.48. The summed E-state index contributed by atoms with van der Waals surface area (Å²) >= 11 is 1.32. The van der Waals surface area contributed by atoms with Crippen molar-refractivity contribution in [1.82, 2.24) is 4.98 Å². The number of aromatic nitrogens is 1. The molecule has 4 aromatic rings. The summed E-state index contributed by atoms with van der Waals surface area (Å²) in [6.45, 7) is 4.11. The van der Waals surface area contributed by atoms with Crippen LogP contribution in [-0.2, 0) is 0 Å². The molecule has 0 radical (unpaired) electrons. The van der Waals surface area contributed by atoms with Gasteiger partial charge < -0.3 is 4.42 Å². The summed E-state index contributed by atoms with van der Waals surface area (Å²) in [7, 11) is 0. The lowest BCUT2D eigenvalue weighted by atomic mass is 10.1. The average Bonchev–Trinajstić information content (AvgIpc) is 3.12. The fourth-order valence-electron chi connectivity index (χ4n) is 2.74. The van der Waals surface area contributed by atoms with Gasteiger partial charge in [-0.3, -0.25) is 14.9 Å². The molecule has 6 heteroatoms. The number of aryl methyl sites for hydroxylation is 2. The zero-order valence-electron chi connectivity index (χ0n) is 14.8. The molecule has 2 heterocycles. The Balaban J connectivity index is 1.59. The number of rotatable bonds is 3. The minimum atomic E-state index is -0.501. The Morgan fingerprint density at radius 2 is 1.89 bits per heavy atom. The maximum atomic E-state index is 12.5. The highest BCUT2D eigenvalue weighted by Gasteiger charge is 2.14. The molecule has 0 aliphatic heterocycles. The second-order valence-corrected chi connectivity index (χ2v) is 7.12. The van der Waals surface area contributed by atoms with Gasteiger partial charge in [0, 0.05) is 17.0 Å². The Morgan fingerprint density at radius 3 is 2.70 bits per heavy atom. The van der Waals surface area contributed by atoms with Crippen LogP contribution in [0.15, 0.2) is 63.1 Å². The first-order valence-corrected chi connectivity index (χ1v) is 9.26. The summed E-state index contributed by atoms with van der Waals surface area (Å²) in [5.41, 5.74) is 4.31. The van der Waals surface area contributed by atoms with Crippen molar-refractivity contribution in [1.29, 1.82) is 0 Å². The van der Waals surface area contributed by atoms with Crippen LogP contribution >= 0.6 is 11.3 Å². The van der Waals surface area contributed by atoms with Crippen LogP contribution in [0.3, 0.4) is 0 Å². The third-order valence-corrected chi connectivity index (χ3v) is 5.14. The van der Waals surface area contributed by atoms with Crippen LogP contribution in [0.4, 0.5) is 5.13 Å². The van der Waals surface area contributed by atoms with Crippen LogP contribution in [0.1, 0.15) is 21.7 Å². The van der Waals surface area contributed by atoms with Crippen molar-refractivity contribution in [2.45, 2.75) is 13.8 Å². The largest absolute Gasteiger partial charge is 0.451 e. The number of para-hydroxylation sites is 1. The van der Waals surface area contributed by atoms with Gasteiger partial charge in [0.05, 0.1) is 11.1 Å². The van der Waals surface area contributed by atoms with Crippen LogP contribution in [0.5, 0.6) is 0 Å². The predicted molar refractivity (Wildman–Crippen MR) is 107 cm³/mol. The number of hydrogen-bond donors (Lipinski definition) is 1. The number of nitrogens with one attached hydrogen (secondary N) is 1. The molecule has 27 heavy (non-hydrogen) atoms. The molecule has 5 nitrogen and oxygen atoms in total. The van der Waals surface area contributed by atoms with Gasteiger partial charge in [0.25, 0.3) is 5.91 Å². The van der Waals surface area contributed by atoms with E-state index in [-0.39, 0.29) is 11.2 Å². The number of benzene rings is 2. The van der Waals surface area contributed by atoms with E-state index in [0.717, 1.165) is 11.3 Å². The van der Waals surface area contributed by atoms with Crippen LogP contribution in [-0.4, -0.2) is 10.9 Å². The number of anilines is 1. The van der Waals surface area contributed by atoms with E-state index in [2.05, 4.69) is 30.2 Å². The van der Waals surface area contributed by atoms with Gasteiger partial charge in [0.1, 0.15) is 5.58 Å². The lowest BCUT2D eigenvalue weighted by molar-refractivity contribution is 0.0997. The molecular weight excluding hydrogens is 360 g/mol. The number of carbonyl (C=O) groups is 1. The molecule has 0 fully saturated rings. The summed E-state index contributed by atoms with van der Waals surface area (Å²) in [6.07, 6.45) is 0. The topological polar surface area (TPSA) is 72.2 Å².